The van der Waals surface area contributed by atoms with Gasteiger partial charge in [0.15, 0.2) is 0 Å². The zero-order chi connectivity index (χ0) is 12.4. The number of hydrogen-bond donors (Lipinski definition) is 1. The normalized spacial score (nSPS) is 10.8. The summed E-state index contributed by atoms with van der Waals surface area (Å²) >= 11 is 9.48. The van der Waals surface area contributed by atoms with Crippen LogP contribution >= 0.6 is 27.5 Å². The number of hydrogen-bond acceptors (Lipinski definition) is 2. The fourth-order valence-electron chi connectivity index (χ4n) is 1.68. The molecule has 90 valence electrons. The lowest BCUT2D eigenvalue weighted by molar-refractivity contribution is 0.671. The fraction of sp³-hybridized carbons (Fsp3) is 0.250. The molecule has 0 aliphatic rings. The van der Waals surface area contributed by atoms with Crippen LogP contribution in [0.3, 0.4) is 0 Å². The molecule has 0 saturated heterocycles. The summed E-state index contributed by atoms with van der Waals surface area (Å²) in [7, 11) is 3.86. The molecule has 0 unspecified atom stereocenters. The van der Waals surface area contributed by atoms with Gasteiger partial charge >= 0.3 is 0 Å². The standard InChI is InChI=1S/C12H13BrClN3/c1-15-7-10-11(13)12(16-17(10)2)8-3-5-9(14)6-4-8/h3-6,15H,7H2,1-2H3. The maximum atomic E-state index is 5.88. The van der Waals surface area contributed by atoms with Gasteiger partial charge in [-0.05, 0) is 35.1 Å². The number of nitrogens with zero attached hydrogens (tertiary/aromatic N) is 2. The van der Waals surface area contributed by atoms with Crippen LogP contribution in [-0.4, -0.2) is 16.8 Å². The molecule has 0 fully saturated rings. The summed E-state index contributed by atoms with van der Waals surface area (Å²) < 4.78 is 2.90. The van der Waals surface area contributed by atoms with Crippen LogP contribution in [0.5, 0.6) is 0 Å². The van der Waals surface area contributed by atoms with Crippen LogP contribution in [0, 0.1) is 0 Å². The van der Waals surface area contributed by atoms with E-state index < -0.39 is 0 Å². The molecule has 1 aromatic carbocycles. The van der Waals surface area contributed by atoms with Crippen molar-refractivity contribution in [2.75, 3.05) is 7.05 Å². The van der Waals surface area contributed by atoms with Gasteiger partial charge in [-0.15, -0.1) is 0 Å². The minimum Gasteiger partial charge on any atom is -0.314 e. The van der Waals surface area contributed by atoms with E-state index in [2.05, 4.69) is 26.3 Å². The van der Waals surface area contributed by atoms with Crippen LogP contribution in [0.1, 0.15) is 5.69 Å². The van der Waals surface area contributed by atoms with Crippen molar-refractivity contribution in [3.63, 3.8) is 0 Å². The van der Waals surface area contributed by atoms with Gasteiger partial charge in [0.05, 0.1) is 10.2 Å². The second kappa shape index (κ2) is 5.21. The number of rotatable bonds is 3. The Morgan fingerprint density at radius 1 is 1.35 bits per heavy atom. The van der Waals surface area contributed by atoms with Crippen LogP contribution in [0.25, 0.3) is 11.3 Å². The second-order valence-electron chi connectivity index (χ2n) is 3.77. The zero-order valence-corrected chi connectivity index (χ0v) is 12.0. The van der Waals surface area contributed by atoms with E-state index in [0.29, 0.717) is 0 Å². The quantitative estimate of drug-likeness (QED) is 0.942. The molecule has 0 atom stereocenters. The zero-order valence-electron chi connectivity index (χ0n) is 9.67. The fourth-order valence-corrected chi connectivity index (χ4v) is 2.52. The summed E-state index contributed by atoms with van der Waals surface area (Å²) in [6.45, 7) is 0.775. The van der Waals surface area contributed by atoms with Gasteiger partial charge in [0.1, 0.15) is 5.69 Å². The van der Waals surface area contributed by atoms with Gasteiger partial charge in [-0.3, -0.25) is 4.68 Å². The molecule has 1 N–H and O–H groups in total. The van der Waals surface area contributed by atoms with Gasteiger partial charge in [0, 0.05) is 24.2 Å². The van der Waals surface area contributed by atoms with E-state index in [9.17, 15) is 0 Å². The number of benzene rings is 1. The molecule has 0 amide bonds. The molecule has 3 nitrogen and oxygen atoms in total. The van der Waals surface area contributed by atoms with Gasteiger partial charge in [0.2, 0.25) is 0 Å². The molecule has 0 spiro atoms. The molecule has 0 saturated carbocycles. The van der Waals surface area contributed by atoms with Crippen LogP contribution in [0.4, 0.5) is 0 Å². The Morgan fingerprint density at radius 2 is 2.00 bits per heavy atom. The van der Waals surface area contributed by atoms with Crippen LogP contribution in [-0.2, 0) is 13.6 Å². The van der Waals surface area contributed by atoms with E-state index in [4.69, 9.17) is 11.6 Å². The van der Waals surface area contributed by atoms with Gasteiger partial charge < -0.3 is 5.32 Å². The number of nitrogens with one attached hydrogen (secondary N) is 1. The van der Waals surface area contributed by atoms with E-state index in [1.54, 1.807) is 0 Å². The lowest BCUT2D eigenvalue weighted by atomic mass is 10.1. The van der Waals surface area contributed by atoms with Gasteiger partial charge in [-0.1, -0.05) is 23.7 Å². The van der Waals surface area contributed by atoms with Crippen molar-refractivity contribution >= 4 is 27.5 Å². The molecule has 0 radical (unpaired) electrons. The van der Waals surface area contributed by atoms with Crippen molar-refractivity contribution in [1.29, 1.82) is 0 Å². The maximum Gasteiger partial charge on any atom is 0.107 e. The number of halogens is 2. The summed E-state index contributed by atoms with van der Waals surface area (Å²) in [5, 5.41) is 8.38. The van der Waals surface area contributed by atoms with Gasteiger partial charge in [-0.25, -0.2) is 0 Å². The molecule has 1 heterocycles. The Bertz CT molecular complexity index is 519. The highest BCUT2D eigenvalue weighted by atomic mass is 79.9. The van der Waals surface area contributed by atoms with E-state index in [1.165, 1.54) is 0 Å². The average molecular weight is 315 g/mol. The first-order chi connectivity index (χ1) is 8.13. The Labute approximate surface area is 114 Å². The molecule has 1 aromatic heterocycles. The lowest BCUT2D eigenvalue weighted by Gasteiger charge is -2.00. The predicted octanol–water partition coefficient (Wildman–Crippen LogP) is 3.22. The average Bonchev–Trinajstić information content (AvgIpc) is 2.59. The van der Waals surface area contributed by atoms with E-state index in [0.717, 1.165) is 33.0 Å². The molecule has 0 aliphatic carbocycles. The summed E-state index contributed by atoms with van der Waals surface area (Å²) in [6, 6.07) is 7.68. The lowest BCUT2D eigenvalue weighted by Crippen LogP contribution is -2.10. The summed E-state index contributed by atoms with van der Waals surface area (Å²) in [5.74, 6) is 0. The van der Waals surface area contributed by atoms with Crippen LogP contribution in [0.15, 0.2) is 28.7 Å². The molecular weight excluding hydrogens is 302 g/mol. The first-order valence-electron chi connectivity index (χ1n) is 5.25. The van der Waals surface area contributed by atoms with Crippen molar-refractivity contribution in [2.24, 2.45) is 7.05 Å². The molecular formula is C12H13BrClN3. The second-order valence-corrected chi connectivity index (χ2v) is 5.00. The van der Waals surface area contributed by atoms with Crippen molar-refractivity contribution in [3.05, 3.63) is 39.5 Å². The Hall–Kier alpha value is -0.840. The highest BCUT2D eigenvalue weighted by Crippen LogP contribution is 2.30. The topological polar surface area (TPSA) is 29.9 Å². The number of aromatic nitrogens is 2. The minimum atomic E-state index is 0.733. The van der Waals surface area contributed by atoms with Gasteiger partial charge in [-0.2, -0.15) is 5.10 Å². The summed E-state index contributed by atoms with van der Waals surface area (Å²) in [4.78, 5) is 0. The largest absolute Gasteiger partial charge is 0.314 e. The van der Waals surface area contributed by atoms with Crippen LogP contribution < -0.4 is 5.32 Å². The van der Waals surface area contributed by atoms with Crippen molar-refractivity contribution in [1.82, 2.24) is 15.1 Å². The summed E-state index contributed by atoms with van der Waals surface area (Å²) in [6.07, 6.45) is 0. The highest BCUT2D eigenvalue weighted by Gasteiger charge is 2.14. The molecule has 0 aliphatic heterocycles. The molecule has 0 bridgehead atoms. The minimum absolute atomic E-state index is 0.733. The monoisotopic (exact) mass is 313 g/mol. The first-order valence-corrected chi connectivity index (χ1v) is 6.42. The maximum absolute atomic E-state index is 5.88. The van der Waals surface area contributed by atoms with E-state index in [-0.39, 0.29) is 0 Å². The molecule has 17 heavy (non-hydrogen) atoms. The summed E-state index contributed by atoms with van der Waals surface area (Å²) in [5.41, 5.74) is 3.12. The molecule has 5 heteroatoms. The predicted molar refractivity (Wildman–Crippen MR) is 74.1 cm³/mol. The Balaban J connectivity index is 2.46. The third-order valence-corrected chi connectivity index (χ3v) is 3.65. The van der Waals surface area contributed by atoms with E-state index in [1.807, 2.05) is 43.0 Å². The van der Waals surface area contributed by atoms with Crippen molar-refractivity contribution in [2.45, 2.75) is 6.54 Å². The van der Waals surface area contributed by atoms with Gasteiger partial charge in [0.25, 0.3) is 0 Å². The van der Waals surface area contributed by atoms with Crippen molar-refractivity contribution in [3.8, 4) is 11.3 Å². The first kappa shape index (κ1) is 12.6. The SMILES string of the molecule is CNCc1c(Br)c(-c2ccc(Cl)cc2)nn1C. The highest BCUT2D eigenvalue weighted by molar-refractivity contribution is 9.10. The van der Waals surface area contributed by atoms with E-state index >= 15 is 0 Å². The number of aryl methyl sites for hydroxylation is 1. The molecule has 2 aromatic rings. The Morgan fingerprint density at radius 3 is 2.59 bits per heavy atom. The Kier molecular flexibility index (Phi) is 3.86. The smallest absolute Gasteiger partial charge is 0.107 e. The van der Waals surface area contributed by atoms with Crippen LogP contribution in [0.2, 0.25) is 5.02 Å². The third kappa shape index (κ3) is 2.54. The third-order valence-electron chi connectivity index (χ3n) is 2.56. The van der Waals surface area contributed by atoms with Crippen molar-refractivity contribution < 1.29 is 0 Å². The molecule has 2 rings (SSSR count).